The molecule has 0 amide bonds. The summed E-state index contributed by atoms with van der Waals surface area (Å²) in [5, 5.41) is 3.35. The van der Waals surface area contributed by atoms with E-state index in [2.05, 4.69) is 36.1 Å². The minimum absolute atomic E-state index is 0.768. The van der Waals surface area contributed by atoms with Gasteiger partial charge in [0, 0.05) is 19.1 Å². The molecule has 3 nitrogen and oxygen atoms in total. The van der Waals surface area contributed by atoms with Gasteiger partial charge in [-0.3, -0.25) is 0 Å². The van der Waals surface area contributed by atoms with E-state index >= 15 is 0 Å². The first-order chi connectivity index (χ1) is 7.16. The van der Waals surface area contributed by atoms with Crippen LogP contribution in [0.2, 0.25) is 0 Å². The number of likely N-dealkylation sites (tertiary alicyclic amines) is 1. The van der Waals surface area contributed by atoms with Crippen molar-refractivity contribution in [2.45, 2.75) is 19.4 Å². The molecule has 88 valence electrons. The number of hydrogen-bond donors (Lipinski definition) is 1. The Labute approximate surface area is 93.8 Å². The van der Waals surface area contributed by atoms with E-state index in [9.17, 15) is 0 Å². The number of hydrogen-bond acceptors (Lipinski definition) is 3. The Bertz CT molecular complexity index is 201. The summed E-state index contributed by atoms with van der Waals surface area (Å²) in [6.07, 6.45) is 1.39. The van der Waals surface area contributed by atoms with Crippen molar-refractivity contribution in [1.29, 1.82) is 0 Å². The zero-order chi connectivity index (χ0) is 10.8. The predicted molar refractivity (Wildman–Crippen MR) is 64.1 cm³/mol. The molecule has 0 radical (unpaired) electrons. The largest absolute Gasteiger partial charge is 0.316 e. The van der Waals surface area contributed by atoms with E-state index in [1.54, 1.807) is 0 Å². The van der Waals surface area contributed by atoms with Gasteiger partial charge in [-0.1, -0.05) is 6.92 Å². The monoisotopic (exact) mass is 211 g/mol. The van der Waals surface area contributed by atoms with E-state index in [0.29, 0.717) is 0 Å². The minimum Gasteiger partial charge on any atom is -0.316 e. The lowest BCUT2D eigenvalue weighted by atomic mass is 9.99. The zero-order valence-corrected chi connectivity index (χ0v) is 10.4. The summed E-state index contributed by atoms with van der Waals surface area (Å²) in [6, 6.07) is 0.768. The Morgan fingerprint density at radius 3 is 2.47 bits per heavy atom. The fourth-order valence-corrected chi connectivity index (χ4v) is 2.82. The smallest absolute Gasteiger partial charge is 0.0254 e. The van der Waals surface area contributed by atoms with Gasteiger partial charge in [0.2, 0.25) is 0 Å². The molecular formula is C12H25N3. The summed E-state index contributed by atoms with van der Waals surface area (Å²) in [7, 11) is 4.42. The summed E-state index contributed by atoms with van der Waals surface area (Å²) < 4.78 is 0. The van der Waals surface area contributed by atoms with Crippen LogP contribution in [0.4, 0.5) is 0 Å². The Hall–Kier alpha value is -0.120. The molecule has 0 aromatic carbocycles. The third-order valence-corrected chi connectivity index (χ3v) is 4.03. The van der Waals surface area contributed by atoms with Gasteiger partial charge in [-0.2, -0.15) is 0 Å². The van der Waals surface area contributed by atoms with E-state index in [1.165, 1.54) is 39.1 Å². The van der Waals surface area contributed by atoms with Gasteiger partial charge in [0.15, 0.2) is 0 Å². The van der Waals surface area contributed by atoms with Crippen molar-refractivity contribution < 1.29 is 0 Å². The molecule has 2 saturated heterocycles. The number of nitrogens with one attached hydrogen (secondary N) is 1. The average Bonchev–Trinajstić information content (AvgIpc) is 2.44. The minimum atomic E-state index is 0.768. The van der Waals surface area contributed by atoms with Crippen molar-refractivity contribution in [3.8, 4) is 0 Å². The van der Waals surface area contributed by atoms with Crippen molar-refractivity contribution in [3.05, 3.63) is 0 Å². The predicted octanol–water partition coefficient (Wildman–Crippen LogP) is 0.478. The lowest BCUT2D eigenvalue weighted by molar-refractivity contribution is 0.233. The third kappa shape index (κ3) is 2.71. The van der Waals surface area contributed by atoms with Crippen molar-refractivity contribution in [2.75, 3.05) is 46.8 Å². The van der Waals surface area contributed by atoms with Crippen LogP contribution in [-0.4, -0.2) is 62.7 Å². The Morgan fingerprint density at radius 1 is 1.27 bits per heavy atom. The normalized spacial score (nSPS) is 33.6. The second-order valence-corrected chi connectivity index (χ2v) is 5.58. The molecule has 2 rings (SSSR count). The van der Waals surface area contributed by atoms with Gasteiger partial charge in [-0.05, 0) is 52.0 Å². The molecule has 0 aliphatic carbocycles. The van der Waals surface area contributed by atoms with Crippen molar-refractivity contribution >= 4 is 0 Å². The Morgan fingerprint density at radius 2 is 2.00 bits per heavy atom. The molecule has 0 bridgehead atoms. The second kappa shape index (κ2) is 4.81. The molecule has 0 spiro atoms. The molecule has 1 N–H and O–H groups in total. The van der Waals surface area contributed by atoms with E-state index < -0.39 is 0 Å². The van der Waals surface area contributed by atoms with E-state index in [4.69, 9.17) is 0 Å². The molecule has 2 aliphatic rings. The number of rotatable bonds is 4. The fourth-order valence-electron chi connectivity index (χ4n) is 2.82. The van der Waals surface area contributed by atoms with Gasteiger partial charge in [-0.25, -0.2) is 0 Å². The molecule has 2 atom stereocenters. The third-order valence-electron chi connectivity index (χ3n) is 4.03. The summed E-state index contributed by atoms with van der Waals surface area (Å²) in [6.45, 7) is 8.76. The maximum Gasteiger partial charge on any atom is 0.0254 e. The highest BCUT2D eigenvalue weighted by molar-refractivity contribution is 4.87. The van der Waals surface area contributed by atoms with Crippen LogP contribution in [-0.2, 0) is 0 Å². The van der Waals surface area contributed by atoms with Crippen LogP contribution in [0.1, 0.15) is 13.3 Å². The molecule has 0 saturated carbocycles. The molecule has 2 aliphatic heterocycles. The SMILES string of the molecule is CC1CN(CCC2CNC2)CC1N(C)C. The molecule has 0 aromatic heterocycles. The Kier molecular flexibility index (Phi) is 3.65. The molecular weight excluding hydrogens is 186 g/mol. The lowest BCUT2D eigenvalue weighted by Crippen LogP contribution is -2.43. The van der Waals surface area contributed by atoms with Gasteiger partial charge in [0.1, 0.15) is 0 Å². The van der Waals surface area contributed by atoms with Crippen molar-refractivity contribution in [2.24, 2.45) is 11.8 Å². The first-order valence-corrected chi connectivity index (χ1v) is 6.26. The summed E-state index contributed by atoms with van der Waals surface area (Å²) in [5.74, 6) is 1.79. The summed E-state index contributed by atoms with van der Waals surface area (Å²) in [4.78, 5) is 5.03. The Balaban J connectivity index is 1.70. The summed E-state index contributed by atoms with van der Waals surface area (Å²) >= 11 is 0. The van der Waals surface area contributed by atoms with Gasteiger partial charge >= 0.3 is 0 Å². The first kappa shape index (κ1) is 11.4. The van der Waals surface area contributed by atoms with Crippen LogP contribution in [0, 0.1) is 11.8 Å². The van der Waals surface area contributed by atoms with Crippen molar-refractivity contribution in [3.63, 3.8) is 0 Å². The number of likely N-dealkylation sites (N-methyl/N-ethyl adjacent to an activating group) is 1. The van der Waals surface area contributed by atoms with Crippen molar-refractivity contribution in [1.82, 2.24) is 15.1 Å². The standard InChI is InChI=1S/C12H25N3/c1-10-8-15(9-12(10)14(2)3)5-4-11-6-13-7-11/h10-13H,4-9H2,1-3H3. The van der Waals surface area contributed by atoms with Gasteiger partial charge in [0.25, 0.3) is 0 Å². The van der Waals surface area contributed by atoms with Crippen LogP contribution in [0.5, 0.6) is 0 Å². The van der Waals surface area contributed by atoms with E-state index in [-0.39, 0.29) is 0 Å². The van der Waals surface area contributed by atoms with Gasteiger partial charge < -0.3 is 15.1 Å². The fraction of sp³-hybridized carbons (Fsp3) is 1.00. The van der Waals surface area contributed by atoms with Crippen LogP contribution in [0.3, 0.4) is 0 Å². The summed E-state index contributed by atoms with van der Waals surface area (Å²) in [5.41, 5.74) is 0. The maximum absolute atomic E-state index is 3.35. The van der Waals surface area contributed by atoms with Crippen LogP contribution >= 0.6 is 0 Å². The second-order valence-electron chi connectivity index (χ2n) is 5.58. The van der Waals surface area contributed by atoms with Crippen LogP contribution < -0.4 is 5.32 Å². The van der Waals surface area contributed by atoms with E-state index in [1.807, 2.05) is 0 Å². The molecule has 2 unspecified atom stereocenters. The topological polar surface area (TPSA) is 18.5 Å². The highest BCUT2D eigenvalue weighted by Gasteiger charge is 2.31. The lowest BCUT2D eigenvalue weighted by Gasteiger charge is -2.29. The molecule has 3 heteroatoms. The van der Waals surface area contributed by atoms with Gasteiger partial charge in [-0.15, -0.1) is 0 Å². The average molecular weight is 211 g/mol. The maximum atomic E-state index is 3.35. The molecule has 15 heavy (non-hydrogen) atoms. The first-order valence-electron chi connectivity index (χ1n) is 6.26. The quantitative estimate of drug-likeness (QED) is 0.729. The molecule has 2 heterocycles. The highest BCUT2D eigenvalue weighted by Crippen LogP contribution is 2.21. The van der Waals surface area contributed by atoms with E-state index in [0.717, 1.165) is 17.9 Å². The number of nitrogens with zero attached hydrogens (tertiary/aromatic N) is 2. The van der Waals surface area contributed by atoms with Crippen LogP contribution in [0.15, 0.2) is 0 Å². The van der Waals surface area contributed by atoms with Gasteiger partial charge in [0.05, 0.1) is 0 Å². The zero-order valence-electron chi connectivity index (χ0n) is 10.4. The molecule has 0 aromatic rings. The molecule has 2 fully saturated rings. The van der Waals surface area contributed by atoms with Crippen LogP contribution in [0.25, 0.3) is 0 Å². The highest BCUT2D eigenvalue weighted by atomic mass is 15.2.